The predicted molar refractivity (Wildman–Crippen MR) is 96.7 cm³/mol. The summed E-state index contributed by atoms with van der Waals surface area (Å²) in [6.07, 6.45) is 0. The Balaban J connectivity index is 1.89. The fourth-order valence-corrected chi connectivity index (χ4v) is 2.28. The molecule has 0 aliphatic heterocycles. The van der Waals surface area contributed by atoms with Gasteiger partial charge in [-0.25, -0.2) is 4.79 Å². The van der Waals surface area contributed by atoms with Crippen LogP contribution in [0.3, 0.4) is 0 Å². The molecule has 0 saturated carbocycles. The van der Waals surface area contributed by atoms with Crippen molar-refractivity contribution in [3.05, 3.63) is 58.1 Å². The number of hydrogen-bond acceptors (Lipinski definition) is 6. The summed E-state index contributed by atoms with van der Waals surface area (Å²) in [4.78, 5) is 35.8. The zero-order valence-electron chi connectivity index (χ0n) is 14.5. The number of methoxy groups -OCH3 is 1. The van der Waals surface area contributed by atoms with Gasteiger partial charge in [0.05, 0.1) is 12.7 Å². The van der Waals surface area contributed by atoms with Crippen LogP contribution in [-0.2, 0) is 9.53 Å². The van der Waals surface area contributed by atoms with Crippen molar-refractivity contribution >= 4 is 29.4 Å². The second-order valence-electron chi connectivity index (χ2n) is 5.44. The van der Waals surface area contributed by atoms with Crippen LogP contribution >= 0.6 is 11.6 Å². The fourth-order valence-electron chi connectivity index (χ4n) is 2.11. The van der Waals surface area contributed by atoms with Gasteiger partial charge in [0.15, 0.2) is 6.61 Å². The van der Waals surface area contributed by atoms with Crippen LogP contribution in [0, 0.1) is 6.92 Å². The first kappa shape index (κ1) is 20.1. The molecule has 0 spiro atoms. The van der Waals surface area contributed by atoms with Gasteiger partial charge in [-0.05, 0) is 37.3 Å². The molecule has 0 bridgehead atoms. The van der Waals surface area contributed by atoms with Crippen LogP contribution < -0.4 is 15.6 Å². The first-order valence-corrected chi connectivity index (χ1v) is 8.09. The number of hydrogen-bond donors (Lipinski definition) is 3. The number of aryl methyl sites for hydroxylation is 1. The van der Waals surface area contributed by atoms with Gasteiger partial charge in [-0.15, -0.1) is 0 Å². The molecule has 2 rings (SSSR count). The molecule has 2 aromatic carbocycles. The Morgan fingerprint density at radius 3 is 2.52 bits per heavy atom. The third-order valence-corrected chi connectivity index (χ3v) is 3.66. The number of esters is 1. The molecule has 0 atom stereocenters. The highest BCUT2D eigenvalue weighted by atomic mass is 35.5. The van der Waals surface area contributed by atoms with E-state index in [2.05, 4.69) is 10.9 Å². The van der Waals surface area contributed by atoms with Gasteiger partial charge in [0.25, 0.3) is 11.8 Å². The molecule has 0 unspecified atom stereocenters. The molecule has 0 aromatic heterocycles. The lowest BCUT2D eigenvalue weighted by Crippen LogP contribution is -2.43. The SMILES string of the molecule is COc1ccc(Cl)cc1C(=O)NNC(=O)COC(=O)c1cc(C)ccc1O. The number of nitrogens with one attached hydrogen (secondary N) is 2. The van der Waals surface area contributed by atoms with Crippen molar-refractivity contribution in [1.82, 2.24) is 10.9 Å². The number of amides is 2. The molecule has 0 fully saturated rings. The van der Waals surface area contributed by atoms with Crippen molar-refractivity contribution in [3.63, 3.8) is 0 Å². The largest absolute Gasteiger partial charge is 0.507 e. The Hall–Kier alpha value is -3.26. The smallest absolute Gasteiger partial charge is 0.342 e. The number of carbonyl (C=O) groups excluding carboxylic acids is 3. The summed E-state index contributed by atoms with van der Waals surface area (Å²) in [5.74, 6) is -2.29. The first-order chi connectivity index (χ1) is 12.8. The minimum absolute atomic E-state index is 0.0597. The van der Waals surface area contributed by atoms with Crippen molar-refractivity contribution in [3.8, 4) is 11.5 Å². The number of phenols is 1. The van der Waals surface area contributed by atoms with Crippen molar-refractivity contribution in [2.45, 2.75) is 6.92 Å². The third kappa shape index (κ3) is 5.35. The van der Waals surface area contributed by atoms with Crippen LogP contribution in [0.2, 0.25) is 5.02 Å². The monoisotopic (exact) mass is 392 g/mol. The number of phenolic OH excluding ortho intramolecular Hbond substituents is 1. The minimum Gasteiger partial charge on any atom is -0.507 e. The van der Waals surface area contributed by atoms with E-state index >= 15 is 0 Å². The van der Waals surface area contributed by atoms with E-state index in [0.717, 1.165) is 5.56 Å². The lowest BCUT2D eigenvalue weighted by Gasteiger charge is -2.11. The summed E-state index contributed by atoms with van der Waals surface area (Å²) in [7, 11) is 1.39. The molecule has 0 saturated heterocycles. The van der Waals surface area contributed by atoms with Crippen LogP contribution in [0.1, 0.15) is 26.3 Å². The van der Waals surface area contributed by atoms with Gasteiger partial charge in [-0.2, -0.15) is 0 Å². The summed E-state index contributed by atoms with van der Waals surface area (Å²) in [6.45, 7) is 1.09. The maximum Gasteiger partial charge on any atom is 0.342 e. The van der Waals surface area contributed by atoms with Crippen LogP contribution in [0.5, 0.6) is 11.5 Å². The Bertz CT molecular complexity index is 884. The molecule has 27 heavy (non-hydrogen) atoms. The van der Waals surface area contributed by atoms with Crippen molar-refractivity contribution in [1.29, 1.82) is 0 Å². The molecule has 9 heteroatoms. The number of ether oxygens (including phenoxy) is 2. The minimum atomic E-state index is -0.866. The highest BCUT2D eigenvalue weighted by Crippen LogP contribution is 2.22. The highest BCUT2D eigenvalue weighted by Gasteiger charge is 2.16. The van der Waals surface area contributed by atoms with E-state index in [9.17, 15) is 19.5 Å². The van der Waals surface area contributed by atoms with Gasteiger partial charge in [-0.3, -0.25) is 20.4 Å². The van der Waals surface area contributed by atoms with Gasteiger partial charge >= 0.3 is 5.97 Å². The molecule has 142 valence electrons. The van der Waals surface area contributed by atoms with Crippen LogP contribution in [-0.4, -0.2) is 36.6 Å². The number of halogens is 1. The van der Waals surface area contributed by atoms with E-state index in [1.807, 2.05) is 0 Å². The quantitative estimate of drug-likeness (QED) is 0.529. The summed E-state index contributed by atoms with van der Waals surface area (Å²) in [5.41, 5.74) is 5.07. The standard InChI is InChI=1S/C18H17ClN2O6/c1-10-3-5-14(22)12(7-10)18(25)27-9-16(23)20-21-17(24)13-8-11(19)4-6-15(13)26-2/h3-8,22H,9H2,1-2H3,(H,20,23)(H,21,24). The van der Waals surface area contributed by atoms with Crippen molar-refractivity contribution in [2.24, 2.45) is 0 Å². The lowest BCUT2D eigenvalue weighted by molar-refractivity contribution is -0.125. The predicted octanol–water partition coefficient (Wildman–Crippen LogP) is 1.98. The number of hydrazine groups is 1. The Labute approximate surface area is 160 Å². The summed E-state index contributed by atoms with van der Waals surface area (Å²) < 4.78 is 9.87. The van der Waals surface area contributed by atoms with Crippen LogP contribution in [0.15, 0.2) is 36.4 Å². The third-order valence-electron chi connectivity index (χ3n) is 3.43. The number of aromatic hydroxyl groups is 1. The molecular weight excluding hydrogens is 376 g/mol. The molecule has 0 aliphatic rings. The summed E-state index contributed by atoms with van der Waals surface area (Å²) in [5, 5.41) is 9.98. The highest BCUT2D eigenvalue weighted by molar-refractivity contribution is 6.31. The van der Waals surface area contributed by atoms with E-state index in [-0.39, 0.29) is 22.6 Å². The van der Waals surface area contributed by atoms with E-state index in [1.54, 1.807) is 19.1 Å². The maximum absolute atomic E-state index is 12.1. The molecule has 3 N–H and O–H groups in total. The Morgan fingerprint density at radius 1 is 1.07 bits per heavy atom. The van der Waals surface area contributed by atoms with E-state index in [0.29, 0.717) is 5.02 Å². The molecular formula is C18H17ClN2O6. The zero-order chi connectivity index (χ0) is 20.0. The van der Waals surface area contributed by atoms with Gasteiger partial charge < -0.3 is 14.6 Å². The van der Waals surface area contributed by atoms with Crippen LogP contribution in [0.4, 0.5) is 0 Å². The average molecular weight is 393 g/mol. The van der Waals surface area contributed by atoms with Gasteiger partial charge in [0.1, 0.15) is 17.1 Å². The van der Waals surface area contributed by atoms with Gasteiger partial charge in [-0.1, -0.05) is 23.2 Å². The molecule has 0 radical (unpaired) electrons. The fraction of sp³-hybridized carbons (Fsp3) is 0.167. The van der Waals surface area contributed by atoms with E-state index in [1.165, 1.54) is 31.4 Å². The summed E-state index contributed by atoms with van der Waals surface area (Å²) >= 11 is 5.85. The summed E-state index contributed by atoms with van der Waals surface area (Å²) in [6, 6.07) is 8.85. The number of carbonyl (C=O) groups is 3. The second-order valence-corrected chi connectivity index (χ2v) is 5.88. The molecule has 0 aliphatic carbocycles. The molecule has 0 heterocycles. The Kier molecular flexibility index (Phi) is 6.62. The van der Waals surface area contributed by atoms with E-state index in [4.69, 9.17) is 21.1 Å². The lowest BCUT2D eigenvalue weighted by atomic mass is 10.1. The molecule has 2 amide bonds. The van der Waals surface area contributed by atoms with Crippen LogP contribution in [0.25, 0.3) is 0 Å². The average Bonchev–Trinajstić information content (AvgIpc) is 2.65. The topological polar surface area (TPSA) is 114 Å². The normalized spacial score (nSPS) is 10.0. The van der Waals surface area contributed by atoms with E-state index < -0.39 is 24.4 Å². The molecule has 8 nitrogen and oxygen atoms in total. The van der Waals surface area contributed by atoms with Gasteiger partial charge in [0, 0.05) is 5.02 Å². The first-order valence-electron chi connectivity index (χ1n) is 7.71. The Morgan fingerprint density at radius 2 is 1.81 bits per heavy atom. The zero-order valence-corrected chi connectivity index (χ0v) is 15.3. The number of benzene rings is 2. The van der Waals surface area contributed by atoms with Crippen molar-refractivity contribution < 1.29 is 29.0 Å². The van der Waals surface area contributed by atoms with Crippen molar-refractivity contribution in [2.75, 3.05) is 13.7 Å². The molecule has 2 aromatic rings. The second kappa shape index (κ2) is 8.91. The maximum atomic E-state index is 12.1. The number of rotatable bonds is 5. The van der Waals surface area contributed by atoms with Gasteiger partial charge in [0.2, 0.25) is 0 Å².